The van der Waals surface area contributed by atoms with Crippen LogP contribution in [0.15, 0.2) is 53.5 Å². The molecule has 0 saturated heterocycles. The Labute approximate surface area is 171 Å². The number of ether oxygens (including phenoxy) is 2. The van der Waals surface area contributed by atoms with Crippen LogP contribution in [0.1, 0.15) is 5.56 Å². The average Bonchev–Trinajstić information content (AvgIpc) is 2.64. The van der Waals surface area contributed by atoms with Crippen molar-refractivity contribution in [3.63, 3.8) is 0 Å². The van der Waals surface area contributed by atoms with Gasteiger partial charge in [-0.05, 0) is 30.2 Å². The molecule has 0 radical (unpaired) electrons. The minimum atomic E-state index is -0.306. The molecule has 0 bridgehead atoms. The second-order valence-electron chi connectivity index (χ2n) is 5.29. The van der Waals surface area contributed by atoms with E-state index in [0.29, 0.717) is 24.9 Å². The van der Waals surface area contributed by atoms with Gasteiger partial charge in [0, 0.05) is 19.7 Å². The standard InChI is InChI=1S/C19H24FN3O2.HI/c1-21-19(22-11-10-15-6-3-4-9-18(15)24-2)23-12-13-25-17-8-5-7-16(20)14-17;/h3-9,14H,10-13H2,1-2H3,(H2,21,22,23);1H. The zero-order valence-corrected chi connectivity index (χ0v) is 17.3. The number of nitrogens with zero attached hydrogens (tertiary/aromatic N) is 1. The fourth-order valence-electron chi connectivity index (χ4n) is 2.34. The molecular formula is C19H25FIN3O2. The molecule has 0 heterocycles. The predicted octanol–water partition coefficient (Wildman–Crippen LogP) is 3.24. The van der Waals surface area contributed by atoms with Gasteiger partial charge in [0.2, 0.25) is 0 Å². The van der Waals surface area contributed by atoms with E-state index in [0.717, 1.165) is 24.3 Å². The first kappa shape index (κ1) is 22.0. The van der Waals surface area contributed by atoms with Crippen molar-refractivity contribution in [2.24, 2.45) is 4.99 Å². The summed E-state index contributed by atoms with van der Waals surface area (Å²) >= 11 is 0. The van der Waals surface area contributed by atoms with Gasteiger partial charge in [-0.1, -0.05) is 24.3 Å². The molecular weight excluding hydrogens is 448 g/mol. The van der Waals surface area contributed by atoms with Gasteiger partial charge in [-0.15, -0.1) is 24.0 Å². The number of nitrogens with one attached hydrogen (secondary N) is 2. The van der Waals surface area contributed by atoms with E-state index in [1.807, 2.05) is 24.3 Å². The third-order valence-electron chi connectivity index (χ3n) is 3.56. The lowest BCUT2D eigenvalue weighted by atomic mass is 10.1. The Morgan fingerprint density at radius 2 is 1.85 bits per heavy atom. The maximum atomic E-state index is 13.1. The van der Waals surface area contributed by atoms with Crippen molar-refractivity contribution in [3.05, 3.63) is 59.9 Å². The third-order valence-corrected chi connectivity index (χ3v) is 3.56. The van der Waals surface area contributed by atoms with E-state index in [4.69, 9.17) is 9.47 Å². The summed E-state index contributed by atoms with van der Waals surface area (Å²) in [5, 5.41) is 6.40. The van der Waals surface area contributed by atoms with Crippen LogP contribution in [0.2, 0.25) is 0 Å². The fourth-order valence-corrected chi connectivity index (χ4v) is 2.34. The highest BCUT2D eigenvalue weighted by Gasteiger charge is 2.03. The summed E-state index contributed by atoms with van der Waals surface area (Å²) in [7, 11) is 3.39. The Morgan fingerprint density at radius 3 is 2.58 bits per heavy atom. The second kappa shape index (κ2) is 12.3. The molecule has 0 spiro atoms. The van der Waals surface area contributed by atoms with Gasteiger partial charge >= 0.3 is 0 Å². The van der Waals surface area contributed by atoms with Crippen LogP contribution in [0.25, 0.3) is 0 Å². The lowest BCUT2D eigenvalue weighted by molar-refractivity contribution is 0.320. The summed E-state index contributed by atoms with van der Waals surface area (Å²) in [5.41, 5.74) is 1.14. The number of methoxy groups -OCH3 is 1. The molecule has 2 N–H and O–H groups in total. The van der Waals surface area contributed by atoms with Gasteiger partial charge in [0.15, 0.2) is 5.96 Å². The van der Waals surface area contributed by atoms with Crippen molar-refractivity contribution >= 4 is 29.9 Å². The Bertz CT molecular complexity index is 698. The van der Waals surface area contributed by atoms with E-state index in [2.05, 4.69) is 15.6 Å². The number of halogens is 2. The van der Waals surface area contributed by atoms with E-state index in [1.54, 1.807) is 26.3 Å². The predicted molar refractivity (Wildman–Crippen MR) is 113 cm³/mol. The van der Waals surface area contributed by atoms with Crippen molar-refractivity contribution in [3.8, 4) is 11.5 Å². The van der Waals surface area contributed by atoms with Crippen molar-refractivity contribution in [2.75, 3.05) is 33.9 Å². The van der Waals surface area contributed by atoms with Crippen LogP contribution in [0.5, 0.6) is 11.5 Å². The Morgan fingerprint density at radius 1 is 1.08 bits per heavy atom. The minimum Gasteiger partial charge on any atom is -0.496 e. The van der Waals surface area contributed by atoms with Gasteiger partial charge in [-0.3, -0.25) is 4.99 Å². The molecule has 0 saturated carbocycles. The van der Waals surface area contributed by atoms with Crippen LogP contribution in [0.4, 0.5) is 4.39 Å². The molecule has 0 aliphatic heterocycles. The van der Waals surface area contributed by atoms with E-state index in [-0.39, 0.29) is 29.8 Å². The number of aliphatic imine (C=N–C) groups is 1. The SMILES string of the molecule is CN=C(NCCOc1cccc(F)c1)NCCc1ccccc1OC.I. The number of hydrogen-bond acceptors (Lipinski definition) is 3. The summed E-state index contributed by atoms with van der Waals surface area (Å²) < 4.78 is 23.9. The van der Waals surface area contributed by atoms with Crippen molar-refractivity contribution < 1.29 is 13.9 Å². The van der Waals surface area contributed by atoms with Gasteiger partial charge in [0.05, 0.1) is 13.7 Å². The molecule has 0 fully saturated rings. The Hall–Kier alpha value is -2.03. The van der Waals surface area contributed by atoms with Crippen LogP contribution in [0, 0.1) is 5.82 Å². The molecule has 2 rings (SSSR count). The Kier molecular flexibility index (Phi) is 10.5. The monoisotopic (exact) mass is 473 g/mol. The van der Waals surface area contributed by atoms with Gasteiger partial charge in [0.1, 0.15) is 23.9 Å². The molecule has 2 aromatic carbocycles. The lowest BCUT2D eigenvalue weighted by Gasteiger charge is -2.13. The smallest absolute Gasteiger partial charge is 0.191 e. The zero-order valence-electron chi connectivity index (χ0n) is 15.0. The second-order valence-corrected chi connectivity index (χ2v) is 5.29. The van der Waals surface area contributed by atoms with Crippen LogP contribution >= 0.6 is 24.0 Å². The molecule has 2 aromatic rings. The molecule has 0 amide bonds. The largest absolute Gasteiger partial charge is 0.496 e. The molecule has 0 aliphatic rings. The lowest BCUT2D eigenvalue weighted by Crippen LogP contribution is -2.40. The van der Waals surface area contributed by atoms with Gasteiger partial charge in [0.25, 0.3) is 0 Å². The number of benzene rings is 2. The quantitative estimate of drug-likeness (QED) is 0.268. The summed E-state index contributed by atoms with van der Waals surface area (Å²) in [6, 6.07) is 14.0. The number of para-hydroxylation sites is 1. The highest BCUT2D eigenvalue weighted by atomic mass is 127. The van der Waals surface area contributed by atoms with Crippen LogP contribution in [-0.4, -0.2) is 39.8 Å². The van der Waals surface area contributed by atoms with Crippen molar-refractivity contribution in [1.29, 1.82) is 0 Å². The summed E-state index contributed by atoms with van der Waals surface area (Å²) in [6.07, 6.45) is 0.824. The summed E-state index contributed by atoms with van der Waals surface area (Å²) in [4.78, 5) is 4.17. The van der Waals surface area contributed by atoms with Crippen LogP contribution in [-0.2, 0) is 6.42 Å². The molecule has 0 aliphatic carbocycles. The van der Waals surface area contributed by atoms with Crippen molar-refractivity contribution in [2.45, 2.75) is 6.42 Å². The highest BCUT2D eigenvalue weighted by molar-refractivity contribution is 14.0. The number of guanidine groups is 1. The van der Waals surface area contributed by atoms with Gasteiger partial charge < -0.3 is 20.1 Å². The minimum absolute atomic E-state index is 0. The van der Waals surface area contributed by atoms with E-state index in [1.165, 1.54) is 12.1 Å². The van der Waals surface area contributed by atoms with Crippen molar-refractivity contribution in [1.82, 2.24) is 10.6 Å². The maximum Gasteiger partial charge on any atom is 0.191 e. The highest BCUT2D eigenvalue weighted by Crippen LogP contribution is 2.17. The van der Waals surface area contributed by atoms with E-state index >= 15 is 0 Å². The van der Waals surface area contributed by atoms with Crippen LogP contribution < -0.4 is 20.1 Å². The maximum absolute atomic E-state index is 13.1. The van der Waals surface area contributed by atoms with Gasteiger partial charge in [-0.2, -0.15) is 0 Å². The molecule has 142 valence electrons. The number of rotatable bonds is 8. The van der Waals surface area contributed by atoms with Crippen LogP contribution in [0.3, 0.4) is 0 Å². The van der Waals surface area contributed by atoms with Gasteiger partial charge in [-0.25, -0.2) is 4.39 Å². The van der Waals surface area contributed by atoms with E-state index in [9.17, 15) is 4.39 Å². The molecule has 0 aromatic heterocycles. The first-order valence-corrected chi connectivity index (χ1v) is 8.17. The molecule has 5 nitrogen and oxygen atoms in total. The first-order valence-electron chi connectivity index (χ1n) is 8.17. The fraction of sp³-hybridized carbons (Fsp3) is 0.316. The first-order chi connectivity index (χ1) is 12.2. The Balaban J connectivity index is 0.00000338. The normalized spacial score (nSPS) is 10.7. The summed E-state index contributed by atoms with van der Waals surface area (Å²) in [5.74, 6) is 1.79. The average molecular weight is 473 g/mol. The molecule has 26 heavy (non-hydrogen) atoms. The van der Waals surface area contributed by atoms with E-state index < -0.39 is 0 Å². The summed E-state index contributed by atoms with van der Waals surface area (Å²) in [6.45, 7) is 1.70. The third kappa shape index (κ3) is 7.47. The molecule has 7 heteroatoms. The number of hydrogen-bond donors (Lipinski definition) is 2. The topological polar surface area (TPSA) is 54.9 Å². The molecule has 0 atom stereocenters. The zero-order chi connectivity index (χ0) is 17.9. The molecule has 0 unspecified atom stereocenters.